The number of rotatable bonds is 9. The number of hydrogen-bond donors (Lipinski definition) is 1. The van der Waals surface area contributed by atoms with E-state index in [2.05, 4.69) is 10.2 Å². The molecule has 1 saturated heterocycles. The van der Waals surface area contributed by atoms with E-state index in [0.29, 0.717) is 49.4 Å². The molecule has 162 valence electrons. The number of anilines is 2. The molecule has 0 unspecified atom stereocenters. The van der Waals surface area contributed by atoms with Crippen LogP contribution in [0.5, 0.6) is 17.2 Å². The van der Waals surface area contributed by atoms with E-state index in [1.165, 1.54) is 0 Å². The van der Waals surface area contributed by atoms with E-state index in [4.69, 9.17) is 18.9 Å². The van der Waals surface area contributed by atoms with Crippen molar-refractivity contribution in [2.75, 3.05) is 56.3 Å². The molecular formula is C23H30N2O5. The molecule has 0 bridgehead atoms. The van der Waals surface area contributed by atoms with Gasteiger partial charge in [0.15, 0.2) is 6.61 Å². The molecular weight excluding hydrogens is 384 g/mol. The number of aryl methyl sites for hydroxylation is 1. The lowest BCUT2D eigenvalue weighted by Crippen LogP contribution is -2.36. The number of morpholine rings is 1. The predicted molar refractivity (Wildman–Crippen MR) is 117 cm³/mol. The van der Waals surface area contributed by atoms with Crippen LogP contribution in [0.3, 0.4) is 0 Å². The molecule has 0 saturated carbocycles. The molecule has 0 atom stereocenters. The maximum absolute atomic E-state index is 12.5. The highest BCUT2D eigenvalue weighted by Gasteiger charge is 2.20. The Labute approximate surface area is 177 Å². The Balaban J connectivity index is 1.77. The van der Waals surface area contributed by atoms with Gasteiger partial charge < -0.3 is 29.2 Å². The van der Waals surface area contributed by atoms with Gasteiger partial charge in [-0.25, -0.2) is 0 Å². The van der Waals surface area contributed by atoms with Crippen LogP contribution >= 0.6 is 0 Å². The van der Waals surface area contributed by atoms with Gasteiger partial charge >= 0.3 is 0 Å². The van der Waals surface area contributed by atoms with Gasteiger partial charge in [-0.3, -0.25) is 4.79 Å². The Morgan fingerprint density at radius 1 is 1.03 bits per heavy atom. The van der Waals surface area contributed by atoms with Crippen LogP contribution in [0.2, 0.25) is 0 Å². The topological polar surface area (TPSA) is 69.3 Å². The minimum atomic E-state index is -0.265. The summed E-state index contributed by atoms with van der Waals surface area (Å²) in [7, 11) is 0. The summed E-state index contributed by atoms with van der Waals surface area (Å²) in [6.07, 6.45) is 0. The monoisotopic (exact) mass is 414 g/mol. The molecule has 1 amide bonds. The van der Waals surface area contributed by atoms with Gasteiger partial charge in [-0.1, -0.05) is 12.1 Å². The average molecular weight is 415 g/mol. The Bertz CT molecular complexity index is 849. The van der Waals surface area contributed by atoms with Gasteiger partial charge in [0.25, 0.3) is 5.91 Å². The van der Waals surface area contributed by atoms with Crippen molar-refractivity contribution in [2.24, 2.45) is 0 Å². The number of ether oxygens (including phenoxy) is 4. The van der Waals surface area contributed by atoms with Crippen LogP contribution in [0.4, 0.5) is 11.4 Å². The molecule has 2 aromatic rings. The van der Waals surface area contributed by atoms with Crippen LogP contribution < -0.4 is 24.4 Å². The van der Waals surface area contributed by atoms with Crippen LogP contribution in [0, 0.1) is 6.92 Å². The molecule has 1 heterocycles. The van der Waals surface area contributed by atoms with Crippen molar-refractivity contribution in [1.82, 2.24) is 0 Å². The average Bonchev–Trinajstić information content (AvgIpc) is 2.75. The van der Waals surface area contributed by atoms with Gasteiger partial charge in [-0.2, -0.15) is 0 Å². The van der Waals surface area contributed by atoms with Crippen molar-refractivity contribution in [3.8, 4) is 17.2 Å². The van der Waals surface area contributed by atoms with Gasteiger partial charge in [0.05, 0.1) is 37.8 Å². The van der Waals surface area contributed by atoms with Crippen LogP contribution in [0.25, 0.3) is 0 Å². The van der Waals surface area contributed by atoms with E-state index < -0.39 is 0 Å². The first-order chi connectivity index (χ1) is 14.6. The summed E-state index contributed by atoms with van der Waals surface area (Å²) in [4.78, 5) is 14.7. The van der Waals surface area contributed by atoms with Crippen LogP contribution in [-0.4, -0.2) is 52.0 Å². The highest BCUT2D eigenvalue weighted by Crippen LogP contribution is 2.39. The second-order valence-corrected chi connectivity index (χ2v) is 6.93. The fourth-order valence-corrected chi connectivity index (χ4v) is 3.28. The minimum Gasteiger partial charge on any atom is -0.492 e. The molecule has 1 aliphatic heterocycles. The van der Waals surface area contributed by atoms with E-state index in [-0.39, 0.29) is 12.5 Å². The smallest absolute Gasteiger partial charge is 0.262 e. The molecule has 2 aromatic carbocycles. The number of hydrogen-bond acceptors (Lipinski definition) is 6. The molecule has 7 heteroatoms. The largest absolute Gasteiger partial charge is 0.492 e. The highest BCUT2D eigenvalue weighted by molar-refractivity contribution is 5.94. The lowest BCUT2D eigenvalue weighted by atomic mass is 10.2. The molecule has 3 rings (SSSR count). The number of carbonyl (C=O) groups excluding carboxylic acids is 1. The van der Waals surface area contributed by atoms with Crippen molar-refractivity contribution >= 4 is 17.3 Å². The van der Waals surface area contributed by atoms with Crippen molar-refractivity contribution in [3.05, 3.63) is 42.0 Å². The normalized spacial score (nSPS) is 13.6. The van der Waals surface area contributed by atoms with Crippen molar-refractivity contribution < 1.29 is 23.7 Å². The van der Waals surface area contributed by atoms with Crippen molar-refractivity contribution in [2.45, 2.75) is 20.8 Å². The van der Waals surface area contributed by atoms with E-state index in [1.807, 2.05) is 57.2 Å². The quantitative estimate of drug-likeness (QED) is 0.676. The predicted octanol–water partition coefficient (Wildman–Crippen LogP) is 3.65. The lowest BCUT2D eigenvalue weighted by Gasteiger charge is -2.31. The molecule has 1 aliphatic rings. The van der Waals surface area contributed by atoms with Crippen LogP contribution in [0.1, 0.15) is 19.4 Å². The van der Waals surface area contributed by atoms with E-state index >= 15 is 0 Å². The van der Waals surface area contributed by atoms with Gasteiger partial charge in [-0.05, 0) is 38.5 Å². The summed E-state index contributed by atoms with van der Waals surface area (Å²) in [6, 6.07) is 11.3. The van der Waals surface area contributed by atoms with Gasteiger partial charge in [0.2, 0.25) is 0 Å². The van der Waals surface area contributed by atoms with Gasteiger partial charge in [-0.15, -0.1) is 0 Å². The van der Waals surface area contributed by atoms with Gasteiger partial charge in [0.1, 0.15) is 17.2 Å². The molecule has 1 N–H and O–H groups in total. The number of nitrogens with zero attached hydrogens (tertiary/aromatic N) is 1. The number of nitrogens with one attached hydrogen (secondary N) is 1. The highest BCUT2D eigenvalue weighted by atomic mass is 16.5. The van der Waals surface area contributed by atoms with E-state index in [0.717, 1.165) is 24.3 Å². The number of benzene rings is 2. The van der Waals surface area contributed by atoms with Crippen LogP contribution in [0.15, 0.2) is 36.4 Å². The molecule has 7 nitrogen and oxygen atoms in total. The van der Waals surface area contributed by atoms with E-state index in [9.17, 15) is 4.79 Å². The Hall–Kier alpha value is -2.93. The summed E-state index contributed by atoms with van der Waals surface area (Å²) >= 11 is 0. The standard InChI is InChI=1S/C23H30N2O5/c1-4-28-21-15-20(25-9-11-27-12-10-25)22(29-5-2)14-19(21)24-23(26)16-30-18-8-6-7-17(3)13-18/h6-8,13-15H,4-5,9-12,16H2,1-3H3,(H,24,26). The minimum absolute atomic E-state index is 0.0931. The molecule has 0 radical (unpaired) electrons. The SMILES string of the molecule is CCOc1cc(N2CCOCC2)c(OCC)cc1NC(=O)COc1cccc(C)c1. The first-order valence-electron chi connectivity index (χ1n) is 10.4. The van der Waals surface area contributed by atoms with Crippen molar-refractivity contribution in [3.63, 3.8) is 0 Å². The Morgan fingerprint density at radius 3 is 2.47 bits per heavy atom. The molecule has 0 aliphatic carbocycles. The van der Waals surface area contributed by atoms with Gasteiger partial charge in [0, 0.05) is 25.2 Å². The molecule has 0 aromatic heterocycles. The first-order valence-corrected chi connectivity index (χ1v) is 10.4. The summed E-state index contributed by atoms with van der Waals surface area (Å²) in [6.45, 7) is 9.65. The zero-order chi connectivity index (χ0) is 21.3. The second kappa shape index (κ2) is 10.7. The zero-order valence-corrected chi connectivity index (χ0v) is 17.9. The number of amides is 1. The lowest BCUT2D eigenvalue weighted by molar-refractivity contribution is -0.118. The third-order valence-electron chi connectivity index (χ3n) is 4.65. The fourth-order valence-electron chi connectivity index (χ4n) is 3.28. The molecule has 0 spiro atoms. The molecule has 1 fully saturated rings. The Morgan fingerprint density at radius 2 is 1.77 bits per heavy atom. The third kappa shape index (κ3) is 5.79. The third-order valence-corrected chi connectivity index (χ3v) is 4.65. The fraction of sp³-hybridized carbons (Fsp3) is 0.435. The van der Waals surface area contributed by atoms with Crippen LogP contribution in [-0.2, 0) is 9.53 Å². The summed E-state index contributed by atoms with van der Waals surface area (Å²) in [5, 5.41) is 2.90. The summed E-state index contributed by atoms with van der Waals surface area (Å²) < 4.78 is 22.8. The summed E-state index contributed by atoms with van der Waals surface area (Å²) in [5.41, 5.74) is 2.58. The molecule has 30 heavy (non-hydrogen) atoms. The maximum Gasteiger partial charge on any atom is 0.262 e. The summed E-state index contributed by atoms with van der Waals surface area (Å²) in [5.74, 6) is 1.70. The van der Waals surface area contributed by atoms with E-state index in [1.54, 1.807) is 0 Å². The zero-order valence-electron chi connectivity index (χ0n) is 17.9. The van der Waals surface area contributed by atoms with Crippen molar-refractivity contribution in [1.29, 1.82) is 0 Å². The maximum atomic E-state index is 12.5. The second-order valence-electron chi connectivity index (χ2n) is 6.93. The number of carbonyl (C=O) groups is 1. The first kappa shape index (κ1) is 21.8. The Kier molecular flexibility index (Phi) is 7.79.